The second kappa shape index (κ2) is 7.31. The van der Waals surface area contributed by atoms with Gasteiger partial charge in [-0.15, -0.1) is 0 Å². The molecule has 0 aromatic rings. The van der Waals surface area contributed by atoms with Gasteiger partial charge in [0.15, 0.2) is 0 Å². The number of carboxylic acid groups (broad SMARTS) is 1. The number of methoxy groups -OCH3 is 1. The van der Waals surface area contributed by atoms with Gasteiger partial charge in [0.05, 0.1) is 18.8 Å². The summed E-state index contributed by atoms with van der Waals surface area (Å²) < 4.78 is 9.63. The fraction of sp³-hybridized carbons (Fsp3) is 0.833. The number of ether oxygens (including phenoxy) is 2. The Balaban J connectivity index is 3.05. The van der Waals surface area contributed by atoms with Gasteiger partial charge in [0.25, 0.3) is 5.79 Å². The summed E-state index contributed by atoms with van der Waals surface area (Å²) in [4.78, 5) is 22.3. The number of hydrogen-bond donors (Lipinski definition) is 6. The van der Waals surface area contributed by atoms with Crippen molar-refractivity contribution in [1.82, 2.24) is 5.32 Å². The number of carboxylic acids is 1. The van der Waals surface area contributed by atoms with Crippen molar-refractivity contribution in [1.29, 1.82) is 0 Å². The zero-order valence-electron chi connectivity index (χ0n) is 12.2. The average molecular weight is 323 g/mol. The minimum Gasteiger partial charge on any atom is -0.477 e. The first-order valence-corrected chi connectivity index (χ1v) is 6.56. The van der Waals surface area contributed by atoms with Gasteiger partial charge in [-0.3, -0.25) is 4.79 Å². The number of carbonyl (C=O) groups is 2. The first-order chi connectivity index (χ1) is 10.1. The molecule has 1 aliphatic rings. The van der Waals surface area contributed by atoms with E-state index in [4.69, 9.17) is 9.84 Å². The minimum absolute atomic E-state index is 0.296. The van der Waals surface area contributed by atoms with Gasteiger partial charge in [0.2, 0.25) is 5.91 Å². The van der Waals surface area contributed by atoms with E-state index < -0.39 is 54.5 Å². The van der Waals surface area contributed by atoms with Gasteiger partial charge in [-0.1, -0.05) is 0 Å². The van der Waals surface area contributed by atoms with E-state index in [1.165, 1.54) is 7.11 Å². The molecule has 10 nitrogen and oxygen atoms in total. The molecule has 128 valence electrons. The van der Waals surface area contributed by atoms with E-state index in [1.54, 1.807) is 0 Å². The van der Waals surface area contributed by atoms with Crippen LogP contribution >= 0.6 is 0 Å². The quantitative estimate of drug-likeness (QED) is 0.295. The zero-order chi connectivity index (χ0) is 17.1. The molecule has 0 radical (unpaired) electrons. The van der Waals surface area contributed by atoms with Crippen LogP contribution < -0.4 is 5.32 Å². The number of amides is 1. The summed E-state index contributed by atoms with van der Waals surface area (Å²) in [6.07, 6.45) is -6.96. The van der Waals surface area contributed by atoms with Gasteiger partial charge in [-0.05, 0) is 0 Å². The van der Waals surface area contributed by atoms with Crippen molar-refractivity contribution < 1.29 is 44.6 Å². The molecule has 6 atom stereocenters. The molecule has 1 aliphatic heterocycles. The lowest BCUT2D eigenvalue weighted by atomic mass is 9.88. The highest BCUT2D eigenvalue weighted by molar-refractivity contribution is 5.76. The highest BCUT2D eigenvalue weighted by atomic mass is 16.7. The molecule has 1 heterocycles. The Hall–Kier alpha value is -1.30. The van der Waals surface area contributed by atoms with E-state index in [9.17, 15) is 30.0 Å². The van der Waals surface area contributed by atoms with E-state index >= 15 is 0 Å². The third-order valence-electron chi connectivity index (χ3n) is 3.36. The molecular weight excluding hydrogens is 302 g/mol. The van der Waals surface area contributed by atoms with Crippen LogP contribution in [0.15, 0.2) is 0 Å². The molecule has 6 N–H and O–H groups in total. The molecule has 0 unspecified atom stereocenters. The predicted molar refractivity (Wildman–Crippen MR) is 69.6 cm³/mol. The van der Waals surface area contributed by atoms with Gasteiger partial charge in [-0.2, -0.15) is 0 Å². The Kier molecular flexibility index (Phi) is 6.23. The highest BCUT2D eigenvalue weighted by Gasteiger charge is 2.53. The topological polar surface area (TPSA) is 166 Å². The number of aliphatic hydroxyl groups excluding tert-OH is 3. The summed E-state index contributed by atoms with van der Waals surface area (Å²) in [6, 6.07) is -1.21. The van der Waals surface area contributed by atoms with E-state index in [-0.39, 0.29) is 6.61 Å². The van der Waals surface area contributed by atoms with Crippen LogP contribution in [0.3, 0.4) is 0 Å². The molecule has 10 heteroatoms. The van der Waals surface area contributed by atoms with Crippen LogP contribution in [0.2, 0.25) is 0 Å². The smallest absolute Gasteiger partial charge is 0.364 e. The fourth-order valence-electron chi connectivity index (χ4n) is 2.30. The first-order valence-electron chi connectivity index (χ1n) is 6.56. The van der Waals surface area contributed by atoms with Crippen LogP contribution in [-0.2, 0) is 19.1 Å². The maximum Gasteiger partial charge on any atom is 0.364 e. The number of hydrogen-bond acceptors (Lipinski definition) is 8. The van der Waals surface area contributed by atoms with Crippen molar-refractivity contribution in [2.75, 3.05) is 13.7 Å². The van der Waals surface area contributed by atoms with Crippen LogP contribution in [0, 0.1) is 0 Å². The molecular formula is C12H21NO9. The maximum atomic E-state index is 11.2. The van der Waals surface area contributed by atoms with Crippen LogP contribution in [-0.4, -0.2) is 87.4 Å². The third-order valence-corrected chi connectivity index (χ3v) is 3.36. The predicted octanol–water partition coefficient (Wildman–Crippen LogP) is -3.22. The molecule has 1 amide bonds. The van der Waals surface area contributed by atoms with E-state index in [2.05, 4.69) is 10.1 Å². The summed E-state index contributed by atoms with van der Waals surface area (Å²) in [5, 5.41) is 51.0. The molecule has 22 heavy (non-hydrogen) atoms. The molecule has 0 bridgehead atoms. The zero-order valence-corrected chi connectivity index (χ0v) is 12.2. The van der Waals surface area contributed by atoms with Gasteiger partial charge in [0, 0.05) is 20.5 Å². The van der Waals surface area contributed by atoms with Gasteiger partial charge >= 0.3 is 5.97 Å². The molecule has 0 saturated carbocycles. The number of aliphatic carboxylic acids is 1. The summed E-state index contributed by atoms with van der Waals surface area (Å²) in [7, 11) is 1.27. The third kappa shape index (κ3) is 4.12. The van der Waals surface area contributed by atoms with E-state index in [0.717, 1.165) is 6.92 Å². The van der Waals surface area contributed by atoms with Crippen LogP contribution in [0.1, 0.15) is 13.3 Å². The number of aliphatic hydroxyl groups is 4. The van der Waals surface area contributed by atoms with Gasteiger partial charge in [0.1, 0.15) is 18.3 Å². The molecule has 1 saturated heterocycles. The van der Waals surface area contributed by atoms with E-state index in [0.29, 0.717) is 0 Å². The summed E-state index contributed by atoms with van der Waals surface area (Å²) >= 11 is 0. The largest absolute Gasteiger partial charge is 0.477 e. The SMILES string of the molecule is COC[C@@H](O)[C@@H](O)[C@@H]1O[C@@](O)(C(=O)O)C[C@H](O)[C@H]1NC(C)=O. The number of carbonyl (C=O) groups excluding carboxylic acids is 1. The molecule has 0 aromatic heterocycles. The van der Waals surface area contributed by atoms with Gasteiger partial charge < -0.3 is 40.3 Å². The van der Waals surface area contributed by atoms with Crippen molar-refractivity contribution in [3.63, 3.8) is 0 Å². The van der Waals surface area contributed by atoms with Crippen molar-refractivity contribution in [2.45, 2.75) is 49.6 Å². The van der Waals surface area contributed by atoms with Crippen molar-refractivity contribution in [3.8, 4) is 0 Å². The second-order valence-electron chi connectivity index (χ2n) is 5.18. The number of rotatable bonds is 6. The monoisotopic (exact) mass is 323 g/mol. The first kappa shape index (κ1) is 18.7. The molecule has 0 aliphatic carbocycles. The summed E-state index contributed by atoms with van der Waals surface area (Å²) in [5.74, 6) is -5.06. The normalized spacial score (nSPS) is 34.7. The minimum atomic E-state index is -2.74. The van der Waals surface area contributed by atoms with Crippen molar-refractivity contribution in [3.05, 3.63) is 0 Å². The molecule has 1 fully saturated rings. The Labute approximate surface area is 126 Å². The van der Waals surface area contributed by atoms with Crippen LogP contribution in [0.5, 0.6) is 0 Å². The lowest BCUT2D eigenvalue weighted by Gasteiger charge is -2.44. The highest BCUT2D eigenvalue weighted by Crippen LogP contribution is 2.30. The Morgan fingerprint density at radius 3 is 2.50 bits per heavy atom. The lowest BCUT2D eigenvalue weighted by molar-refractivity contribution is -0.295. The van der Waals surface area contributed by atoms with Crippen molar-refractivity contribution >= 4 is 11.9 Å². The Morgan fingerprint density at radius 2 is 2.05 bits per heavy atom. The van der Waals surface area contributed by atoms with Gasteiger partial charge in [-0.25, -0.2) is 4.79 Å². The molecule has 0 spiro atoms. The maximum absolute atomic E-state index is 11.2. The fourth-order valence-corrected chi connectivity index (χ4v) is 2.30. The van der Waals surface area contributed by atoms with Crippen LogP contribution in [0.25, 0.3) is 0 Å². The van der Waals surface area contributed by atoms with Crippen molar-refractivity contribution in [2.24, 2.45) is 0 Å². The van der Waals surface area contributed by atoms with E-state index in [1.807, 2.05) is 0 Å². The molecule has 1 rings (SSSR count). The second-order valence-corrected chi connectivity index (χ2v) is 5.18. The summed E-state index contributed by atoms with van der Waals surface area (Å²) in [5.41, 5.74) is 0. The standard InChI is InChI=1S/C12H21NO9/c1-5(14)13-8-6(15)3-12(20,11(18)19)22-10(8)9(17)7(16)4-21-2/h6-10,15-17,20H,3-4H2,1-2H3,(H,13,14)(H,18,19)/t6-,7+,8+,9+,10+,12+/m0/s1. The lowest BCUT2D eigenvalue weighted by Crippen LogP contribution is -2.67. The molecule has 0 aromatic carbocycles. The van der Waals surface area contributed by atoms with Crippen LogP contribution in [0.4, 0.5) is 0 Å². The summed E-state index contributed by atoms with van der Waals surface area (Å²) in [6.45, 7) is 0.856. The Bertz CT molecular complexity index is 417. The number of nitrogens with one attached hydrogen (secondary N) is 1. The average Bonchev–Trinajstić information content (AvgIpc) is 2.40. The Morgan fingerprint density at radius 1 is 1.45 bits per heavy atom.